The second-order valence-corrected chi connectivity index (χ2v) is 4.89. The number of halogens is 2. The molecule has 0 unspecified atom stereocenters. The predicted molar refractivity (Wildman–Crippen MR) is 74.6 cm³/mol. The summed E-state index contributed by atoms with van der Waals surface area (Å²) in [6.07, 6.45) is 1.69. The van der Waals surface area contributed by atoms with Crippen LogP contribution in [-0.2, 0) is 6.54 Å². The first-order valence-electron chi connectivity index (χ1n) is 5.30. The summed E-state index contributed by atoms with van der Waals surface area (Å²) in [6.45, 7) is 0.403. The Morgan fingerprint density at radius 1 is 1.33 bits per heavy atom. The van der Waals surface area contributed by atoms with Crippen LogP contribution in [0.1, 0.15) is 16.1 Å². The second kappa shape index (κ2) is 5.98. The average molecular weight is 326 g/mol. The van der Waals surface area contributed by atoms with E-state index in [0.29, 0.717) is 21.6 Å². The van der Waals surface area contributed by atoms with Gasteiger partial charge in [-0.2, -0.15) is 0 Å². The molecule has 0 fully saturated rings. The van der Waals surface area contributed by atoms with Crippen molar-refractivity contribution in [2.45, 2.75) is 6.54 Å². The van der Waals surface area contributed by atoms with Gasteiger partial charge in [0.15, 0.2) is 0 Å². The molecule has 1 amide bonds. The summed E-state index contributed by atoms with van der Waals surface area (Å²) in [5.41, 5.74) is 1.38. The molecule has 1 N–H and O–H groups in total. The topological polar surface area (TPSA) is 42.0 Å². The third kappa shape index (κ3) is 3.31. The molecule has 0 spiro atoms. The first-order valence-corrected chi connectivity index (χ1v) is 6.47. The van der Waals surface area contributed by atoms with Gasteiger partial charge in [-0.15, -0.1) is 0 Å². The van der Waals surface area contributed by atoms with Crippen molar-refractivity contribution in [3.8, 4) is 0 Å². The number of carbonyl (C=O) groups excluding carboxylic acids is 1. The molecule has 0 aliphatic heterocycles. The Labute approximate surface area is 118 Å². The molecule has 92 valence electrons. The van der Waals surface area contributed by atoms with Crippen LogP contribution in [0.2, 0.25) is 5.02 Å². The molecule has 1 heterocycles. The second-order valence-electron chi connectivity index (χ2n) is 3.63. The summed E-state index contributed by atoms with van der Waals surface area (Å²) in [4.78, 5) is 16.0. The number of amides is 1. The van der Waals surface area contributed by atoms with Crippen LogP contribution in [0.3, 0.4) is 0 Å². The highest BCUT2D eigenvalue weighted by atomic mass is 79.9. The van der Waals surface area contributed by atoms with Crippen LogP contribution in [0, 0.1) is 0 Å². The molecule has 1 aromatic carbocycles. The number of benzene rings is 1. The van der Waals surface area contributed by atoms with Gasteiger partial charge in [0.2, 0.25) is 0 Å². The van der Waals surface area contributed by atoms with Crippen molar-refractivity contribution in [3.63, 3.8) is 0 Å². The van der Waals surface area contributed by atoms with E-state index in [2.05, 4.69) is 26.2 Å². The van der Waals surface area contributed by atoms with Gasteiger partial charge in [0.1, 0.15) is 0 Å². The first-order chi connectivity index (χ1) is 8.66. The number of rotatable bonds is 3. The highest BCUT2D eigenvalue weighted by Gasteiger charge is 2.07. The van der Waals surface area contributed by atoms with Gasteiger partial charge in [-0.1, -0.05) is 17.7 Å². The van der Waals surface area contributed by atoms with Gasteiger partial charge in [-0.25, -0.2) is 0 Å². The van der Waals surface area contributed by atoms with E-state index < -0.39 is 0 Å². The largest absolute Gasteiger partial charge is 0.346 e. The van der Waals surface area contributed by atoms with E-state index >= 15 is 0 Å². The number of carbonyl (C=O) groups is 1. The Balaban J connectivity index is 2.02. The van der Waals surface area contributed by atoms with Crippen LogP contribution in [0.5, 0.6) is 0 Å². The standard InChI is InChI=1S/C13H10BrClN2O/c14-11-7-9(4-5-12(11)15)13(18)17-8-10-3-1-2-6-16-10/h1-7H,8H2,(H,17,18). The van der Waals surface area contributed by atoms with Gasteiger partial charge in [-0.05, 0) is 46.3 Å². The third-order valence-electron chi connectivity index (χ3n) is 2.34. The Hall–Kier alpha value is -1.39. The molecule has 2 aromatic rings. The van der Waals surface area contributed by atoms with E-state index in [-0.39, 0.29) is 5.91 Å². The van der Waals surface area contributed by atoms with Gasteiger partial charge < -0.3 is 5.32 Å². The summed E-state index contributed by atoms with van der Waals surface area (Å²) in [5, 5.41) is 3.38. The number of nitrogens with one attached hydrogen (secondary N) is 1. The zero-order valence-corrected chi connectivity index (χ0v) is 11.7. The molecule has 5 heteroatoms. The SMILES string of the molecule is O=C(NCc1ccccn1)c1ccc(Cl)c(Br)c1. The van der Waals surface area contributed by atoms with Gasteiger partial charge in [0.05, 0.1) is 17.3 Å². The van der Waals surface area contributed by atoms with Crippen molar-refractivity contribution >= 4 is 33.4 Å². The smallest absolute Gasteiger partial charge is 0.251 e. The number of pyridine rings is 1. The Morgan fingerprint density at radius 3 is 2.83 bits per heavy atom. The molecule has 0 bridgehead atoms. The molecule has 0 atom stereocenters. The van der Waals surface area contributed by atoms with Crippen molar-refractivity contribution in [3.05, 3.63) is 63.3 Å². The monoisotopic (exact) mass is 324 g/mol. The molecule has 2 rings (SSSR count). The lowest BCUT2D eigenvalue weighted by Gasteiger charge is -2.05. The zero-order chi connectivity index (χ0) is 13.0. The fraction of sp³-hybridized carbons (Fsp3) is 0.0769. The van der Waals surface area contributed by atoms with E-state index in [1.54, 1.807) is 24.4 Å². The maximum absolute atomic E-state index is 11.9. The van der Waals surface area contributed by atoms with Crippen LogP contribution >= 0.6 is 27.5 Å². The Bertz CT molecular complexity index is 560. The van der Waals surface area contributed by atoms with Crippen molar-refractivity contribution < 1.29 is 4.79 Å². The molecular formula is C13H10BrClN2O. The molecule has 3 nitrogen and oxygen atoms in total. The van der Waals surface area contributed by atoms with Crippen molar-refractivity contribution in [2.24, 2.45) is 0 Å². The lowest BCUT2D eigenvalue weighted by atomic mass is 10.2. The summed E-state index contributed by atoms with van der Waals surface area (Å²) >= 11 is 9.16. The first kappa shape index (κ1) is 13.1. The van der Waals surface area contributed by atoms with Crippen LogP contribution in [-0.4, -0.2) is 10.9 Å². The molecule has 0 saturated carbocycles. The zero-order valence-electron chi connectivity index (χ0n) is 9.36. The van der Waals surface area contributed by atoms with Crippen LogP contribution in [0.15, 0.2) is 47.1 Å². The lowest BCUT2D eigenvalue weighted by molar-refractivity contribution is 0.0950. The predicted octanol–water partition coefficient (Wildman–Crippen LogP) is 3.43. The normalized spacial score (nSPS) is 10.1. The maximum atomic E-state index is 11.9. The van der Waals surface area contributed by atoms with Crippen molar-refractivity contribution in [2.75, 3.05) is 0 Å². The number of aromatic nitrogens is 1. The maximum Gasteiger partial charge on any atom is 0.251 e. The van der Waals surface area contributed by atoms with E-state index in [4.69, 9.17) is 11.6 Å². The number of hydrogen-bond acceptors (Lipinski definition) is 2. The van der Waals surface area contributed by atoms with Crippen LogP contribution < -0.4 is 5.32 Å². The minimum absolute atomic E-state index is 0.155. The number of hydrogen-bond donors (Lipinski definition) is 1. The fourth-order valence-corrected chi connectivity index (χ4v) is 1.91. The third-order valence-corrected chi connectivity index (χ3v) is 3.55. The summed E-state index contributed by atoms with van der Waals surface area (Å²) < 4.78 is 0.703. The molecule has 1 aromatic heterocycles. The van der Waals surface area contributed by atoms with E-state index in [1.807, 2.05) is 18.2 Å². The quantitative estimate of drug-likeness (QED) is 0.939. The van der Waals surface area contributed by atoms with E-state index in [0.717, 1.165) is 5.69 Å². The lowest BCUT2D eigenvalue weighted by Crippen LogP contribution is -2.23. The molecule has 0 aliphatic carbocycles. The van der Waals surface area contributed by atoms with Gasteiger partial charge in [0, 0.05) is 16.2 Å². The van der Waals surface area contributed by atoms with Crippen LogP contribution in [0.4, 0.5) is 0 Å². The summed E-state index contributed by atoms with van der Waals surface area (Å²) in [6, 6.07) is 10.6. The van der Waals surface area contributed by atoms with Crippen molar-refractivity contribution in [1.82, 2.24) is 10.3 Å². The summed E-state index contributed by atoms with van der Waals surface area (Å²) in [7, 11) is 0. The van der Waals surface area contributed by atoms with Gasteiger partial charge in [-0.3, -0.25) is 9.78 Å². The average Bonchev–Trinajstić information content (AvgIpc) is 2.40. The van der Waals surface area contributed by atoms with Crippen LogP contribution in [0.25, 0.3) is 0 Å². The molecular weight excluding hydrogens is 316 g/mol. The highest BCUT2D eigenvalue weighted by Crippen LogP contribution is 2.23. The van der Waals surface area contributed by atoms with Gasteiger partial charge in [0.25, 0.3) is 5.91 Å². The van der Waals surface area contributed by atoms with E-state index in [1.165, 1.54) is 0 Å². The minimum Gasteiger partial charge on any atom is -0.346 e. The summed E-state index contributed by atoms with van der Waals surface area (Å²) in [5.74, 6) is -0.155. The Morgan fingerprint density at radius 2 is 2.17 bits per heavy atom. The van der Waals surface area contributed by atoms with E-state index in [9.17, 15) is 4.79 Å². The number of nitrogens with zero attached hydrogens (tertiary/aromatic N) is 1. The molecule has 0 saturated heterocycles. The highest BCUT2D eigenvalue weighted by molar-refractivity contribution is 9.10. The fourth-order valence-electron chi connectivity index (χ4n) is 1.41. The Kier molecular flexibility index (Phi) is 4.33. The molecule has 18 heavy (non-hydrogen) atoms. The molecule has 0 aliphatic rings. The van der Waals surface area contributed by atoms with Crippen molar-refractivity contribution in [1.29, 1.82) is 0 Å². The van der Waals surface area contributed by atoms with Gasteiger partial charge >= 0.3 is 0 Å². The minimum atomic E-state index is -0.155. The molecule has 0 radical (unpaired) electrons.